The van der Waals surface area contributed by atoms with E-state index in [1.54, 1.807) is 6.26 Å². The zero-order chi connectivity index (χ0) is 14.9. The van der Waals surface area contributed by atoms with Gasteiger partial charge in [0.15, 0.2) is 0 Å². The van der Waals surface area contributed by atoms with E-state index >= 15 is 0 Å². The second kappa shape index (κ2) is 5.66. The maximum Gasteiger partial charge on any atom is 0.108 e. The van der Waals surface area contributed by atoms with Crippen molar-refractivity contribution in [1.82, 2.24) is 5.32 Å². The fourth-order valence-corrected chi connectivity index (χ4v) is 2.97. The summed E-state index contributed by atoms with van der Waals surface area (Å²) in [5, 5.41) is 13.6. The molecule has 0 bridgehead atoms. The molecule has 0 radical (unpaired) electrons. The van der Waals surface area contributed by atoms with Crippen LogP contribution in [0.1, 0.15) is 55.2 Å². The monoisotopic (exact) mass is 285 g/mol. The van der Waals surface area contributed by atoms with Gasteiger partial charge in [-0.25, -0.2) is 0 Å². The molecule has 3 rings (SSSR count). The van der Waals surface area contributed by atoms with Crippen molar-refractivity contribution < 1.29 is 9.52 Å². The summed E-state index contributed by atoms with van der Waals surface area (Å²) < 4.78 is 5.52. The van der Waals surface area contributed by atoms with Gasteiger partial charge in [0.1, 0.15) is 5.76 Å². The molecule has 2 aromatic rings. The van der Waals surface area contributed by atoms with Crippen LogP contribution in [0.3, 0.4) is 0 Å². The summed E-state index contributed by atoms with van der Waals surface area (Å²) in [7, 11) is 0. The van der Waals surface area contributed by atoms with Gasteiger partial charge in [0.2, 0.25) is 0 Å². The predicted molar refractivity (Wildman–Crippen MR) is 82.9 cm³/mol. The number of hydrogen-bond donors (Lipinski definition) is 2. The first kappa shape index (κ1) is 14.4. The molecule has 1 aromatic carbocycles. The summed E-state index contributed by atoms with van der Waals surface area (Å²) in [4.78, 5) is 0. The smallest absolute Gasteiger partial charge is 0.108 e. The van der Waals surface area contributed by atoms with Crippen molar-refractivity contribution in [2.45, 2.75) is 51.3 Å². The molecule has 3 nitrogen and oxygen atoms in total. The quantitative estimate of drug-likeness (QED) is 0.901. The van der Waals surface area contributed by atoms with Crippen LogP contribution in [0.4, 0.5) is 0 Å². The van der Waals surface area contributed by atoms with Crippen molar-refractivity contribution in [3.63, 3.8) is 0 Å². The molecule has 21 heavy (non-hydrogen) atoms. The number of furan rings is 1. The third-order valence-electron chi connectivity index (χ3n) is 4.26. The molecule has 1 heterocycles. The average molecular weight is 285 g/mol. The SMILES string of the molecule is CC(C)(O)c1ccc(CNC2CCCc3occc32)cc1. The van der Waals surface area contributed by atoms with Gasteiger partial charge in [-0.05, 0) is 43.9 Å². The molecule has 1 unspecified atom stereocenters. The number of fused-ring (bicyclic) bond motifs is 1. The fraction of sp³-hybridized carbons (Fsp3) is 0.444. The Bertz CT molecular complexity index is 592. The normalized spacial score (nSPS) is 18.5. The molecule has 0 fully saturated rings. The first-order valence-electron chi connectivity index (χ1n) is 7.65. The molecule has 2 N–H and O–H groups in total. The fourth-order valence-electron chi connectivity index (χ4n) is 2.97. The Hall–Kier alpha value is -1.58. The summed E-state index contributed by atoms with van der Waals surface area (Å²) in [6.45, 7) is 4.45. The lowest BCUT2D eigenvalue weighted by Gasteiger charge is -2.23. The lowest BCUT2D eigenvalue weighted by Crippen LogP contribution is -2.24. The van der Waals surface area contributed by atoms with Crippen molar-refractivity contribution in [2.75, 3.05) is 0 Å². The molecule has 1 atom stereocenters. The molecule has 0 saturated heterocycles. The van der Waals surface area contributed by atoms with Crippen LogP contribution in [0.5, 0.6) is 0 Å². The minimum Gasteiger partial charge on any atom is -0.469 e. The molecule has 0 amide bonds. The zero-order valence-corrected chi connectivity index (χ0v) is 12.7. The molecule has 1 aliphatic rings. The molecule has 0 spiro atoms. The third-order valence-corrected chi connectivity index (χ3v) is 4.26. The summed E-state index contributed by atoms with van der Waals surface area (Å²) in [5.41, 5.74) is 2.72. The van der Waals surface area contributed by atoms with Crippen LogP contribution in [0.25, 0.3) is 0 Å². The highest BCUT2D eigenvalue weighted by Crippen LogP contribution is 2.30. The number of rotatable bonds is 4. The maximum absolute atomic E-state index is 9.97. The van der Waals surface area contributed by atoms with Gasteiger partial charge < -0.3 is 14.8 Å². The molecule has 1 aliphatic carbocycles. The lowest BCUT2D eigenvalue weighted by molar-refractivity contribution is 0.0786. The van der Waals surface area contributed by atoms with Gasteiger partial charge in [0, 0.05) is 24.6 Å². The summed E-state index contributed by atoms with van der Waals surface area (Å²) in [6, 6.07) is 10.6. The van der Waals surface area contributed by atoms with E-state index in [1.807, 2.05) is 26.0 Å². The Morgan fingerprint density at radius 2 is 2.00 bits per heavy atom. The zero-order valence-electron chi connectivity index (χ0n) is 12.7. The minimum absolute atomic E-state index is 0.390. The molecule has 0 aliphatic heterocycles. The second-order valence-corrected chi connectivity index (χ2v) is 6.38. The van der Waals surface area contributed by atoms with Gasteiger partial charge in [-0.1, -0.05) is 24.3 Å². The van der Waals surface area contributed by atoms with Gasteiger partial charge in [-0.3, -0.25) is 0 Å². The largest absolute Gasteiger partial charge is 0.469 e. The van der Waals surface area contributed by atoms with Gasteiger partial charge in [-0.15, -0.1) is 0 Å². The number of nitrogens with one attached hydrogen (secondary N) is 1. The van der Waals surface area contributed by atoms with E-state index in [2.05, 4.69) is 23.5 Å². The number of hydrogen-bond acceptors (Lipinski definition) is 3. The molecule has 0 saturated carbocycles. The average Bonchev–Trinajstić information content (AvgIpc) is 2.93. The summed E-state index contributed by atoms with van der Waals surface area (Å²) in [5.74, 6) is 1.14. The van der Waals surface area contributed by atoms with Crippen LogP contribution in [-0.2, 0) is 18.6 Å². The second-order valence-electron chi connectivity index (χ2n) is 6.38. The molecule has 3 heteroatoms. The highest BCUT2D eigenvalue weighted by Gasteiger charge is 2.22. The third kappa shape index (κ3) is 3.20. The number of aliphatic hydroxyl groups is 1. The van der Waals surface area contributed by atoms with Gasteiger partial charge in [0.05, 0.1) is 11.9 Å². The standard InChI is InChI=1S/C18H23NO2/c1-18(2,20)14-8-6-13(7-9-14)12-19-16-4-3-5-17-15(16)10-11-21-17/h6-11,16,19-20H,3-5,12H2,1-2H3. The number of aryl methyl sites for hydroxylation is 1. The molecular formula is C18H23NO2. The van der Waals surface area contributed by atoms with Crippen LogP contribution in [0.2, 0.25) is 0 Å². The van der Waals surface area contributed by atoms with Crippen molar-refractivity contribution >= 4 is 0 Å². The van der Waals surface area contributed by atoms with E-state index in [0.29, 0.717) is 6.04 Å². The lowest BCUT2D eigenvalue weighted by atomic mass is 9.93. The van der Waals surface area contributed by atoms with Crippen molar-refractivity contribution in [3.05, 3.63) is 59.0 Å². The van der Waals surface area contributed by atoms with E-state index < -0.39 is 5.60 Å². The Morgan fingerprint density at radius 3 is 2.71 bits per heavy atom. The van der Waals surface area contributed by atoms with Crippen molar-refractivity contribution in [2.24, 2.45) is 0 Å². The van der Waals surface area contributed by atoms with E-state index in [0.717, 1.165) is 30.7 Å². The Labute approximate surface area is 126 Å². The van der Waals surface area contributed by atoms with E-state index in [-0.39, 0.29) is 0 Å². The van der Waals surface area contributed by atoms with Gasteiger partial charge >= 0.3 is 0 Å². The van der Waals surface area contributed by atoms with E-state index in [1.165, 1.54) is 17.5 Å². The molecule has 1 aromatic heterocycles. The summed E-state index contributed by atoms with van der Waals surface area (Å²) >= 11 is 0. The van der Waals surface area contributed by atoms with Crippen LogP contribution in [-0.4, -0.2) is 5.11 Å². The van der Waals surface area contributed by atoms with Crippen LogP contribution in [0.15, 0.2) is 41.0 Å². The minimum atomic E-state index is -0.777. The predicted octanol–water partition coefficient (Wildman–Crippen LogP) is 3.67. The van der Waals surface area contributed by atoms with E-state index in [4.69, 9.17) is 4.42 Å². The Balaban J connectivity index is 1.64. The first-order chi connectivity index (χ1) is 10.0. The maximum atomic E-state index is 9.97. The highest BCUT2D eigenvalue weighted by molar-refractivity contribution is 5.27. The Morgan fingerprint density at radius 1 is 1.24 bits per heavy atom. The number of benzene rings is 1. The molecular weight excluding hydrogens is 262 g/mol. The van der Waals surface area contributed by atoms with Crippen LogP contribution in [0, 0.1) is 0 Å². The Kier molecular flexibility index (Phi) is 3.87. The van der Waals surface area contributed by atoms with E-state index in [9.17, 15) is 5.11 Å². The van der Waals surface area contributed by atoms with Crippen LogP contribution < -0.4 is 5.32 Å². The van der Waals surface area contributed by atoms with Crippen molar-refractivity contribution in [3.8, 4) is 0 Å². The molecule has 112 valence electrons. The first-order valence-corrected chi connectivity index (χ1v) is 7.65. The van der Waals surface area contributed by atoms with Crippen molar-refractivity contribution in [1.29, 1.82) is 0 Å². The van der Waals surface area contributed by atoms with Gasteiger partial charge in [0.25, 0.3) is 0 Å². The topological polar surface area (TPSA) is 45.4 Å². The van der Waals surface area contributed by atoms with Crippen LogP contribution >= 0.6 is 0 Å². The van der Waals surface area contributed by atoms with Gasteiger partial charge in [-0.2, -0.15) is 0 Å². The summed E-state index contributed by atoms with van der Waals surface area (Å²) in [6.07, 6.45) is 5.19. The highest BCUT2D eigenvalue weighted by atomic mass is 16.3.